The predicted octanol–water partition coefficient (Wildman–Crippen LogP) is 1.15. The van der Waals surface area contributed by atoms with Gasteiger partial charge in [0.2, 0.25) is 11.8 Å². The van der Waals surface area contributed by atoms with E-state index in [-0.39, 0.29) is 25.4 Å². The summed E-state index contributed by atoms with van der Waals surface area (Å²) in [6.45, 7) is 0.129. The van der Waals surface area contributed by atoms with Crippen LogP contribution in [0.5, 0.6) is 0 Å². The van der Waals surface area contributed by atoms with Gasteiger partial charge in [-0.1, -0.05) is 0 Å². The first-order valence-corrected chi connectivity index (χ1v) is 7.06. The number of furan rings is 1. The van der Waals surface area contributed by atoms with Crippen molar-refractivity contribution in [2.75, 3.05) is 6.54 Å². The fourth-order valence-corrected chi connectivity index (χ4v) is 2.41. The molecule has 1 aromatic rings. The van der Waals surface area contributed by atoms with Gasteiger partial charge in [-0.25, -0.2) is 4.79 Å². The smallest absolute Gasteiger partial charge is 0.391 e. The van der Waals surface area contributed by atoms with Crippen LogP contribution in [0.25, 0.3) is 0 Å². The molecule has 0 spiro atoms. The average Bonchev–Trinajstić information content (AvgIpc) is 3.07. The lowest BCUT2D eigenvalue weighted by Gasteiger charge is -2.19. The molecule has 2 N–H and O–H groups in total. The monoisotopic (exact) mass is 348 g/mol. The molecule has 132 valence electrons. The Balaban J connectivity index is 1.94. The number of carbonyl (C=O) groups excluding carboxylic acids is 2. The van der Waals surface area contributed by atoms with E-state index in [1.165, 1.54) is 11.2 Å². The molecule has 1 aromatic heterocycles. The number of nitrogens with one attached hydrogen (secondary N) is 1. The molecule has 0 aromatic carbocycles. The Morgan fingerprint density at radius 3 is 2.71 bits per heavy atom. The minimum absolute atomic E-state index is 0.0102. The Morgan fingerprint density at radius 1 is 1.46 bits per heavy atom. The van der Waals surface area contributed by atoms with Gasteiger partial charge in [-0.3, -0.25) is 9.59 Å². The van der Waals surface area contributed by atoms with Gasteiger partial charge in [0.15, 0.2) is 0 Å². The van der Waals surface area contributed by atoms with E-state index < -0.39 is 36.4 Å². The van der Waals surface area contributed by atoms with Crippen LogP contribution < -0.4 is 5.32 Å². The third kappa shape index (κ3) is 4.74. The van der Waals surface area contributed by atoms with Crippen LogP contribution in [0.4, 0.5) is 13.2 Å². The van der Waals surface area contributed by atoms with Gasteiger partial charge >= 0.3 is 12.1 Å². The first kappa shape index (κ1) is 17.8. The topological polar surface area (TPSA) is 99.8 Å². The Bertz CT molecular complexity index is 614. The van der Waals surface area contributed by atoms with E-state index in [0.29, 0.717) is 5.76 Å². The molecule has 2 heterocycles. The van der Waals surface area contributed by atoms with E-state index in [1.807, 2.05) is 5.32 Å². The number of nitrogens with zero attached hydrogens (tertiary/aromatic N) is 1. The number of halogens is 3. The van der Waals surface area contributed by atoms with Gasteiger partial charge in [-0.15, -0.1) is 0 Å². The third-order valence-corrected chi connectivity index (χ3v) is 3.56. The standard InChI is InChI=1S/C14H15F3N2O5/c15-14(16,17)5-10(13(22)23)18-12(21)8-4-11(20)19(6-8)7-9-2-1-3-24-9/h1-3,8,10H,4-7H2,(H,18,21)(H,22,23). The second-order valence-electron chi connectivity index (χ2n) is 5.47. The van der Waals surface area contributed by atoms with Crippen molar-refractivity contribution < 1.29 is 37.1 Å². The average molecular weight is 348 g/mol. The maximum Gasteiger partial charge on any atom is 0.391 e. The molecule has 1 saturated heterocycles. The zero-order valence-electron chi connectivity index (χ0n) is 12.4. The fraction of sp³-hybridized carbons (Fsp3) is 0.500. The maximum absolute atomic E-state index is 12.3. The number of carboxylic acids is 1. The Kier molecular flexibility index (Phi) is 5.15. The largest absolute Gasteiger partial charge is 0.480 e. The summed E-state index contributed by atoms with van der Waals surface area (Å²) in [5.41, 5.74) is 0. The third-order valence-electron chi connectivity index (χ3n) is 3.56. The predicted molar refractivity (Wildman–Crippen MR) is 72.5 cm³/mol. The lowest BCUT2D eigenvalue weighted by molar-refractivity contribution is -0.160. The Hall–Kier alpha value is -2.52. The molecule has 1 aliphatic heterocycles. The van der Waals surface area contributed by atoms with Crippen LogP contribution in [0.3, 0.4) is 0 Å². The van der Waals surface area contributed by atoms with Crippen molar-refractivity contribution in [2.45, 2.75) is 31.6 Å². The van der Waals surface area contributed by atoms with Gasteiger partial charge in [-0.2, -0.15) is 13.2 Å². The van der Waals surface area contributed by atoms with Crippen molar-refractivity contribution in [1.82, 2.24) is 10.2 Å². The minimum Gasteiger partial charge on any atom is -0.480 e. The number of likely N-dealkylation sites (tertiary alicyclic amines) is 1. The molecular weight excluding hydrogens is 333 g/mol. The van der Waals surface area contributed by atoms with Crippen LogP contribution in [0.2, 0.25) is 0 Å². The summed E-state index contributed by atoms with van der Waals surface area (Å²) in [5.74, 6) is -3.42. The summed E-state index contributed by atoms with van der Waals surface area (Å²) >= 11 is 0. The van der Waals surface area contributed by atoms with Crippen LogP contribution in [0.15, 0.2) is 22.8 Å². The number of carbonyl (C=O) groups is 3. The highest BCUT2D eigenvalue weighted by atomic mass is 19.4. The van der Waals surface area contributed by atoms with E-state index in [9.17, 15) is 27.6 Å². The molecule has 2 rings (SSSR count). The fourth-order valence-electron chi connectivity index (χ4n) is 2.41. The summed E-state index contributed by atoms with van der Waals surface area (Å²) in [4.78, 5) is 36.1. The van der Waals surface area contributed by atoms with E-state index in [4.69, 9.17) is 9.52 Å². The number of hydrogen-bond acceptors (Lipinski definition) is 4. The van der Waals surface area contributed by atoms with E-state index in [2.05, 4.69) is 0 Å². The lowest BCUT2D eigenvalue weighted by Crippen LogP contribution is -2.46. The molecule has 10 heteroatoms. The first-order chi connectivity index (χ1) is 11.2. The second kappa shape index (κ2) is 6.93. The number of alkyl halides is 3. The van der Waals surface area contributed by atoms with Gasteiger partial charge in [-0.05, 0) is 12.1 Å². The van der Waals surface area contributed by atoms with Gasteiger partial charge < -0.3 is 19.7 Å². The zero-order chi connectivity index (χ0) is 17.9. The molecule has 7 nitrogen and oxygen atoms in total. The van der Waals surface area contributed by atoms with Crippen molar-refractivity contribution in [2.24, 2.45) is 5.92 Å². The highest BCUT2D eigenvalue weighted by Crippen LogP contribution is 2.24. The van der Waals surface area contributed by atoms with Gasteiger partial charge in [0.1, 0.15) is 11.8 Å². The summed E-state index contributed by atoms with van der Waals surface area (Å²) in [5, 5.41) is 10.7. The number of aliphatic carboxylic acids is 1. The number of rotatable bonds is 6. The van der Waals surface area contributed by atoms with Crippen molar-refractivity contribution in [1.29, 1.82) is 0 Å². The van der Waals surface area contributed by atoms with Gasteiger partial charge in [0.25, 0.3) is 0 Å². The molecule has 2 atom stereocenters. The SMILES string of the molecule is O=C(NC(CC(F)(F)F)C(=O)O)C1CC(=O)N(Cc2ccco2)C1. The molecule has 0 radical (unpaired) electrons. The van der Waals surface area contributed by atoms with E-state index >= 15 is 0 Å². The normalized spacial score (nSPS) is 19.4. The van der Waals surface area contributed by atoms with Crippen molar-refractivity contribution in [3.8, 4) is 0 Å². The van der Waals surface area contributed by atoms with Crippen LogP contribution in [-0.2, 0) is 20.9 Å². The molecule has 2 unspecified atom stereocenters. The molecule has 1 fully saturated rings. The van der Waals surface area contributed by atoms with Crippen molar-refractivity contribution in [3.63, 3.8) is 0 Å². The quantitative estimate of drug-likeness (QED) is 0.803. The second-order valence-corrected chi connectivity index (χ2v) is 5.47. The Morgan fingerprint density at radius 2 is 2.17 bits per heavy atom. The number of amides is 2. The maximum atomic E-state index is 12.3. The van der Waals surface area contributed by atoms with Crippen LogP contribution in [0, 0.1) is 5.92 Å². The van der Waals surface area contributed by atoms with Crippen LogP contribution in [0.1, 0.15) is 18.6 Å². The molecule has 1 aliphatic rings. The highest BCUT2D eigenvalue weighted by molar-refractivity contribution is 5.91. The highest BCUT2D eigenvalue weighted by Gasteiger charge is 2.39. The van der Waals surface area contributed by atoms with Crippen molar-refractivity contribution in [3.05, 3.63) is 24.2 Å². The Labute approximate surface area is 134 Å². The summed E-state index contributed by atoms with van der Waals surface area (Å²) < 4.78 is 42.1. The summed E-state index contributed by atoms with van der Waals surface area (Å²) in [6, 6.07) is 1.20. The molecule has 0 bridgehead atoms. The van der Waals surface area contributed by atoms with E-state index in [0.717, 1.165) is 0 Å². The molecule has 0 aliphatic carbocycles. The lowest BCUT2D eigenvalue weighted by atomic mass is 10.1. The molecule has 0 saturated carbocycles. The van der Waals surface area contributed by atoms with Crippen LogP contribution in [-0.4, -0.2) is 46.6 Å². The molecule has 2 amide bonds. The molecular formula is C14H15F3N2O5. The first-order valence-electron chi connectivity index (χ1n) is 7.06. The zero-order valence-corrected chi connectivity index (χ0v) is 12.4. The van der Waals surface area contributed by atoms with Gasteiger partial charge in [0, 0.05) is 13.0 Å². The number of carboxylic acid groups (broad SMARTS) is 1. The van der Waals surface area contributed by atoms with Crippen molar-refractivity contribution >= 4 is 17.8 Å². The molecule has 24 heavy (non-hydrogen) atoms. The van der Waals surface area contributed by atoms with Crippen LogP contribution >= 0.6 is 0 Å². The van der Waals surface area contributed by atoms with E-state index in [1.54, 1.807) is 12.1 Å². The summed E-state index contributed by atoms with van der Waals surface area (Å²) in [7, 11) is 0. The minimum atomic E-state index is -4.73. The summed E-state index contributed by atoms with van der Waals surface area (Å²) in [6.07, 6.45) is -5.17. The number of hydrogen-bond donors (Lipinski definition) is 2. The van der Waals surface area contributed by atoms with Gasteiger partial charge in [0.05, 0.1) is 25.1 Å².